The Morgan fingerprint density at radius 1 is 1.60 bits per heavy atom. The summed E-state index contributed by atoms with van der Waals surface area (Å²) in [6.45, 7) is 2.50. The van der Waals surface area contributed by atoms with Gasteiger partial charge < -0.3 is 10.4 Å². The molecule has 0 saturated heterocycles. The molecule has 2 rings (SSSR count). The van der Waals surface area contributed by atoms with E-state index < -0.39 is 11.4 Å². The summed E-state index contributed by atoms with van der Waals surface area (Å²) in [6, 6.07) is 5.50. The molecule has 106 valence electrons. The van der Waals surface area contributed by atoms with Gasteiger partial charge in [0.25, 0.3) is 0 Å². The average molecular weight is 273 g/mol. The van der Waals surface area contributed by atoms with Gasteiger partial charge in [-0.3, -0.25) is 4.79 Å². The largest absolute Gasteiger partial charge is 0.481 e. The van der Waals surface area contributed by atoms with Crippen LogP contribution in [0.3, 0.4) is 0 Å². The van der Waals surface area contributed by atoms with Gasteiger partial charge in [-0.15, -0.1) is 0 Å². The number of pyridine rings is 1. The number of carboxylic acid groups (broad SMARTS) is 1. The summed E-state index contributed by atoms with van der Waals surface area (Å²) in [4.78, 5) is 15.6. The Bertz CT molecular complexity index is 528. The highest BCUT2D eigenvalue weighted by molar-refractivity contribution is 5.76. The highest BCUT2D eigenvalue weighted by atomic mass is 16.4. The first-order valence-electron chi connectivity index (χ1n) is 6.90. The zero-order valence-corrected chi connectivity index (χ0v) is 11.6. The number of rotatable bonds is 4. The fourth-order valence-corrected chi connectivity index (χ4v) is 2.68. The van der Waals surface area contributed by atoms with Crippen LogP contribution in [0.15, 0.2) is 18.3 Å². The Kier molecular flexibility index (Phi) is 4.23. The summed E-state index contributed by atoms with van der Waals surface area (Å²) in [5, 5.41) is 21.7. The lowest BCUT2D eigenvalue weighted by Gasteiger charge is -2.36. The second-order valence-electron chi connectivity index (χ2n) is 5.63. The Labute approximate surface area is 118 Å². The molecule has 0 unspecified atom stereocenters. The van der Waals surface area contributed by atoms with Crippen LogP contribution in [0.5, 0.6) is 0 Å². The summed E-state index contributed by atoms with van der Waals surface area (Å²) in [5.74, 6) is -0.158. The van der Waals surface area contributed by atoms with E-state index >= 15 is 0 Å². The minimum Gasteiger partial charge on any atom is -0.481 e. The number of anilines is 1. The van der Waals surface area contributed by atoms with Crippen molar-refractivity contribution in [3.63, 3.8) is 0 Å². The van der Waals surface area contributed by atoms with E-state index in [-0.39, 0.29) is 0 Å². The van der Waals surface area contributed by atoms with Gasteiger partial charge in [-0.05, 0) is 43.7 Å². The van der Waals surface area contributed by atoms with Crippen LogP contribution < -0.4 is 5.32 Å². The first kappa shape index (κ1) is 14.3. The molecular weight excluding hydrogens is 254 g/mol. The van der Waals surface area contributed by atoms with Crippen LogP contribution in [-0.4, -0.2) is 22.6 Å². The van der Waals surface area contributed by atoms with Gasteiger partial charge >= 0.3 is 5.97 Å². The molecule has 0 atom stereocenters. The molecule has 0 aliphatic heterocycles. The molecule has 1 heterocycles. The van der Waals surface area contributed by atoms with Crippen molar-refractivity contribution >= 4 is 11.7 Å². The topological polar surface area (TPSA) is 86.0 Å². The fraction of sp³-hybridized carbons (Fsp3) is 0.533. The van der Waals surface area contributed by atoms with Crippen molar-refractivity contribution in [1.82, 2.24) is 4.98 Å². The first-order chi connectivity index (χ1) is 9.57. The SMILES string of the molecule is CC1CCC(CNc2cccnc2C#N)(C(=O)O)CC1. The maximum Gasteiger partial charge on any atom is 0.311 e. The first-order valence-corrected chi connectivity index (χ1v) is 6.90. The van der Waals surface area contributed by atoms with Crippen LogP contribution in [-0.2, 0) is 4.79 Å². The van der Waals surface area contributed by atoms with E-state index in [1.807, 2.05) is 6.07 Å². The second-order valence-corrected chi connectivity index (χ2v) is 5.63. The minimum atomic E-state index is -0.751. The summed E-state index contributed by atoms with van der Waals surface area (Å²) in [5.41, 5.74) is 0.182. The summed E-state index contributed by atoms with van der Waals surface area (Å²) in [7, 11) is 0. The number of carboxylic acids is 1. The van der Waals surface area contributed by atoms with E-state index in [2.05, 4.69) is 17.2 Å². The maximum absolute atomic E-state index is 11.6. The van der Waals surface area contributed by atoms with Crippen molar-refractivity contribution in [2.45, 2.75) is 32.6 Å². The number of carbonyl (C=O) groups is 1. The van der Waals surface area contributed by atoms with Crippen LogP contribution in [0.4, 0.5) is 5.69 Å². The third kappa shape index (κ3) is 2.90. The predicted molar refractivity (Wildman–Crippen MR) is 75.1 cm³/mol. The molecule has 1 saturated carbocycles. The van der Waals surface area contributed by atoms with Crippen molar-refractivity contribution in [3.8, 4) is 6.07 Å². The molecule has 0 spiro atoms. The lowest BCUT2D eigenvalue weighted by atomic mass is 9.71. The highest BCUT2D eigenvalue weighted by Gasteiger charge is 2.41. The van der Waals surface area contributed by atoms with Crippen LogP contribution >= 0.6 is 0 Å². The van der Waals surface area contributed by atoms with Crippen molar-refractivity contribution in [2.75, 3.05) is 11.9 Å². The minimum absolute atomic E-state index is 0.303. The Morgan fingerprint density at radius 2 is 2.30 bits per heavy atom. The average Bonchev–Trinajstić information content (AvgIpc) is 2.47. The van der Waals surface area contributed by atoms with E-state index in [4.69, 9.17) is 5.26 Å². The number of nitriles is 1. The molecule has 1 aromatic rings. The summed E-state index contributed by atoms with van der Waals surface area (Å²) < 4.78 is 0. The molecule has 5 heteroatoms. The Morgan fingerprint density at radius 3 is 2.90 bits per heavy atom. The van der Waals surface area contributed by atoms with E-state index in [1.165, 1.54) is 0 Å². The van der Waals surface area contributed by atoms with Gasteiger partial charge in [0.15, 0.2) is 5.69 Å². The van der Waals surface area contributed by atoms with E-state index in [0.29, 0.717) is 36.7 Å². The number of nitrogens with zero attached hydrogens (tertiary/aromatic N) is 2. The van der Waals surface area contributed by atoms with Gasteiger partial charge in [0.05, 0.1) is 11.1 Å². The third-order valence-corrected chi connectivity index (χ3v) is 4.22. The predicted octanol–water partition coefficient (Wildman–Crippen LogP) is 2.65. The van der Waals surface area contributed by atoms with Crippen molar-refractivity contribution in [2.24, 2.45) is 11.3 Å². The molecule has 1 aliphatic carbocycles. The summed E-state index contributed by atoms with van der Waals surface area (Å²) >= 11 is 0. The molecule has 0 amide bonds. The molecular formula is C15H19N3O2. The van der Waals surface area contributed by atoms with Crippen LogP contribution in [0.2, 0.25) is 0 Å². The number of hydrogen-bond donors (Lipinski definition) is 2. The lowest BCUT2D eigenvalue weighted by Crippen LogP contribution is -2.41. The van der Waals surface area contributed by atoms with Gasteiger partial charge in [-0.1, -0.05) is 6.92 Å². The van der Waals surface area contributed by atoms with E-state index in [9.17, 15) is 9.90 Å². The second kappa shape index (κ2) is 5.91. The fourth-order valence-electron chi connectivity index (χ4n) is 2.68. The lowest BCUT2D eigenvalue weighted by molar-refractivity contribution is -0.150. The summed E-state index contributed by atoms with van der Waals surface area (Å²) in [6.07, 6.45) is 4.79. The van der Waals surface area contributed by atoms with Gasteiger partial charge in [0, 0.05) is 12.7 Å². The molecule has 1 aromatic heterocycles. The standard InChI is InChI=1S/C15H19N3O2/c1-11-4-6-15(7-5-11,14(19)20)10-18-12-3-2-8-17-13(12)9-16/h2-3,8,11,18H,4-7,10H2,1H3,(H,19,20). The maximum atomic E-state index is 11.6. The Hall–Kier alpha value is -2.09. The number of hydrogen-bond acceptors (Lipinski definition) is 4. The monoisotopic (exact) mass is 273 g/mol. The van der Waals surface area contributed by atoms with E-state index in [1.54, 1.807) is 18.3 Å². The van der Waals surface area contributed by atoms with Crippen LogP contribution in [0.1, 0.15) is 38.3 Å². The van der Waals surface area contributed by atoms with Crippen molar-refractivity contribution in [1.29, 1.82) is 5.26 Å². The Balaban J connectivity index is 2.10. The third-order valence-electron chi connectivity index (χ3n) is 4.22. The molecule has 0 radical (unpaired) electrons. The quantitative estimate of drug-likeness (QED) is 0.880. The van der Waals surface area contributed by atoms with Gasteiger partial charge in [0.2, 0.25) is 0 Å². The molecule has 1 aliphatic rings. The zero-order chi connectivity index (χ0) is 14.6. The zero-order valence-electron chi connectivity index (χ0n) is 11.6. The number of nitrogens with one attached hydrogen (secondary N) is 1. The molecule has 0 aromatic carbocycles. The van der Waals surface area contributed by atoms with Crippen molar-refractivity contribution in [3.05, 3.63) is 24.0 Å². The van der Waals surface area contributed by atoms with Crippen molar-refractivity contribution < 1.29 is 9.90 Å². The highest BCUT2D eigenvalue weighted by Crippen LogP contribution is 2.39. The normalized spacial score (nSPS) is 25.7. The van der Waals surface area contributed by atoms with Gasteiger partial charge in [-0.25, -0.2) is 4.98 Å². The van der Waals surface area contributed by atoms with Crippen LogP contribution in [0, 0.1) is 22.7 Å². The number of aromatic nitrogens is 1. The van der Waals surface area contributed by atoms with Gasteiger partial charge in [0.1, 0.15) is 6.07 Å². The van der Waals surface area contributed by atoms with E-state index in [0.717, 1.165) is 12.8 Å². The molecule has 5 nitrogen and oxygen atoms in total. The molecule has 0 bridgehead atoms. The molecule has 20 heavy (non-hydrogen) atoms. The molecule has 1 fully saturated rings. The molecule has 2 N–H and O–H groups in total. The number of aliphatic carboxylic acids is 1. The van der Waals surface area contributed by atoms with Crippen LogP contribution in [0.25, 0.3) is 0 Å². The smallest absolute Gasteiger partial charge is 0.311 e. The van der Waals surface area contributed by atoms with Gasteiger partial charge in [-0.2, -0.15) is 5.26 Å².